The second kappa shape index (κ2) is 6.48. The molecule has 124 valence electrons. The van der Waals surface area contributed by atoms with Crippen LogP contribution in [-0.4, -0.2) is 40.2 Å². The number of carbonyl (C=O) groups excluding carboxylic acids is 1. The summed E-state index contributed by atoms with van der Waals surface area (Å²) in [5.74, 6) is 0. The van der Waals surface area contributed by atoms with E-state index < -0.39 is 0 Å². The topological polar surface area (TPSA) is 67.3 Å². The summed E-state index contributed by atoms with van der Waals surface area (Å²) in [5.41, 5.74) is 2.98. The van der Waals surface area contributed by atoms with Crippen LogP contribution >= 0.6 is 0 Å². The van der Waals surface area contributed by atoms with Crippen LogP contribution in [-0.2, 0) is 11.2 Å². The summed E-state index contributed by atoms with van der Waals surface area (Å²) >= 11 is 0. The van der Waals surface area contributed by atoms with E-state index in [9.17, 15) is 9.59 Å². The van der Waals surface area contributed by atoms with E-state index in [2.05, 4.69) is 18.0 Å². The van der Waals surface area contributed by atoms with Crippen molar-refractivity contribution in [3.8, 4) is 0 Å². The zero-order valence-corrected chi connectivity index (χ0v) is 13.7. The Bertz CT molecular complexity index is 754. The van der Waals surface area contributed by atoms with Crippen molar-refractivity contribution in [3.63, 3.8) is 0 Å². The highest BCUT2D eigenvalue weighted by Gasteiger charge is 2.26. The lowest BCUT2D eigenvalue weighted by atomic mass is 10.0. The molecule has 1 saturated heterocycles. The van der Waals surface area contributed by atoms with E-state index in [-0.39, 0.29) is 17.8 Å². The first kappa shape index (κ1) is 15.6. The Morgan fingerprint density at radius 2 is 2.04 bits per heavy atom. The zero-order valence-electron chi connectivity index (χ0n) is 13.7. The van der Waals surface area contributed by atoms with Gasteiger partial charge in [0, 0.05) is 19.1 Å². The third-order valence-electron chi connectivity index (χ3n) is 4.54. The molecule has 1 amide bonds. The molecule has 6 heteroatoms. The van der Waals surface area contributed by atoms with E-state index in [0.717, 1.165) is 30.3 Å². The average Bonchev–Trinajstić information content (AvgIpc) is 2.90. The van der Waals surface area contributed by atoms with Gasteiger partial charge in [0.1, 0.15) is 0 Å². The smallest absolute Gasteiger partial charge is 0.409 e. The molecule has 0 unspecified atom stereocenters. The number of hydrogen-bond acceptors (Lipinski definition) is 3. The molecule has 3 rings (SSSR count). The Morgan fingerprint density at radius 3 is 2.70 bits per heavy atom. The van der Waals surface area contributed by atoms with Crippen molar-refractivity contribution in [2.45, 2.75) is 39.2 Å². The van der Waals surface area contributed by atoms with Gasteiger partial charge in [-0.1, -0.05) is 13.0 Å². The second-order valence-corrected chi connectivity index (χ2v) is 5.92. The van der Waals surface area contributed by atoms with Gasteiger partial charge in [-0.15, -0.1) is 0 Å². The molecule has 0 atom stereocenters. The third-order valence-corrected chi connectivity index (χ3v) is 4.54. The van der Waals surface area contributed by atoms with Crippen LogP contribution in [0.4, 0.5) is 4.79 Å². The maximum absolute atomic E-state index is 12.4. The molecule has 0 aliphatic carbocycles. The predicted octanol–water partition coefficient (Wildman–Crippen LogP) is 2.69. The number of hydrogen-bond donors (Lipinski definition) is 1. The zero-order chi connectivity index (χ0) is 16.4. The number of piperidine rings is 1. The van der Waals surface area contributed by atoms with Gasteiger partial charge in [0.05, 0.1) is 17.6 Å². The summed E-state index contributed by atoms with van der Waals surface area (Å²) in [5, 5.41) is 0. The van der Waals surface area contributed by atoms with Crippen LogP contribution in [0.25, 0.3) is 11.0 Å². The van der Waals surface area contributed by atoms with Crippen LogP contribution in [0.15, 0.2) is 23.0 Å². The first-order chi connectivity index (χ1) is 11.1. The second-order valence-electron chi connectivity index (χ2n) is 5.92. The minimum Gasteiger partial charge on any atom is -0.450 e. The van der Waals surface area contributed by atoms with E-state index in [0.29, 0.717) is 19.7 Å². The Hall–Kier alpha value is -2.24. The standard InChI is InChI=1S/C17H23N3O3/c1-3-12-5-6-15-14(11-12)18-16(21)20(15)13-7-9-19(10-8-13)17(22)23-4-2/h5-6,11,13H,3-4,7-10H2,1-2H3,(H,18,21). The van der Waals surface area contributed by atoms with Gasteiger partial charge in [0.15, 0.2) is 0 Å². The van der Waals surface area contributed by atoms with Crippen LogP contribution < -0.4 is 5.69 Å². The van der Waals surface area contributed by atoms with E-state index in [1.807, 2.05) is 16.7 Å². The number of aryl methyl sites for hydroxylation is 1. The Morgan fingerprint density at radius 1 is 1.30 bits per heavy atom. The van der Waals surface area contributed by atoms with Gasteiger partial charge in [-0.2, -0.15) is 0 Å². The van der Waals surface area contributed by atoms with Gasteiger partial charge in [0.2, 0.25) is 0 Å². The number of carbonyl (C=O) groups is 1. The number of nitrogens with zero attached hydrogens (tertiary/aromatic N) is 2. The van der Waals surface area contributed by atoms with Crippen molar-refractivity contribution >= 4 is 17.1 Å². The molecule has 0 saturated carbocycles. The molecular weight excluding hydrogens is 294 g/mol. The number of H-pyrrole nitrogens is 1. The molecule has 0 radical (unpaired) electrons. The summed E-state index contributed by atoms with van der Waals surface area (Å²) in [6, 6.07) is 6.25. The summed E-state index contributed by atoms with van der Waals surface area (Å²) in [7, 11) is 0. The molecule has 0 bridgehead atoms. The van der Waals surface area contributed by atoms with Crippen molar-refractivity contribution in [3.05, 3.63) is 34.2 Å². The SMILES string of the molecule is CCOC(=O)N1CCC(n2c(=O)[nH]c3cc(CC)ccc32)CC1. The highest BCUT2D eigenvalue weighted by molar-refractivity contribution is 5.76. The maximum atomic E-state index is 12.4. The summed E-state index contributed by atoms with van der Waals surface area (Å²) in [6.45, 7) is 5.54. The highest BCUT2D eigenvalue weighted by atomic mass is 16.6. The minimum atomic E-state index is -0.259. The Balaban J connectivity index is 1.81. The molecule has 1 aliphatic heterocycles. The molecule has 1 aliphatic rings. The molecule has 1 fully saturated rings. The number of aromatic nitrogens is 2. The van der Waals surface area contributed by atoms with Gasteiger partial charge in [-0.25, -0.2) is 9.59 Å². The molecule has 2 aromatic rings. The first-order valence-corrected chi connectivity index (χ1v) is 8.28. The number of nitrogens with one attached hydrogen (secondary N) is 1. The lowest BCUT2D eigenvalue weighted by Crippen LogP contribution is -2.40. The van der Waals surface area contributed by atoms with Gasteiger partial charge in [0.25, 0.3) is 0 Å². The number of imidazole rings is 1. The fourth-order valence-corrected chi connectivity index (χ4v) is 3.28. The molecule has 1 N–H and O–H groups in total. The molecule has 2 heterocycles. The number of amides is 1. The average molecular weight is 317 g/mol. The van der Waals surface area contributed by atoms with Gasteiger partial charge < -0.3 is 14.6 Å². The minimum absolute atomic E-state index is 0.0668. The number of fused-ring (bicyclic) bond motifs is 1. The fraction of sp³-hybridized carbons (Fsp3) is 0.529. The largest absolute Gasteiger partial charge is 0.450 e. The molecular formula is C17H23N3O3. The first-order valence-electron chi connectivity index (χ1n) is 8.28. The van der Waals surface area contributed by atoms with Gasteiger partial charge >= 0.3 is 11.8 Å². The van der Waals surface area contributed by atoms with Crippen molar-refractivity contribution in [1.29, 1.82) is 0 Å². The van der Waals surface area contributed by atoms with E-state index in [4.69, 9.17) is 4.74 Å². The van der Waals surface area contributed by atoms with Crippen LogP contribution in [0.5, 0.6) is 0 Å². The van der Waals surface area contributed by atoms with Crippen LogP contribution in [0.2, 0.25) is 0 Å². The van der Waals surface area contributed by atoms with Gasteiger partial charge in [-0.05, 0) is 43.9 Å². The van der Waals surface area contributed by atoms with Gasteiger partial charge in [-0.3, -0.25) is 4.57 Å². The third kappa shape index (κ3) is 2.98. The summed E-state index contributed by atoms with van der Waals surface area (Å²) in [6.07, 6.45) is 2.22. The normalized spacial score (nSPS) is 16.0. The summed E-state index contributed by atoms with van der Waals surface area (Å²) < 4.78 is 6.88. The Kier molecular flexibility index (Phi) is 4.41. The molecule has 1 aromatic carbocycles. The van der Waals surface area contributed by atoms with E-state index in [1.165, 1.54) is 5.56 Å². The monoisotopic (exact) mass is 317 g/mol. The van der Waals surface area contributed by atoms with Crippen LogP contribution in [0.1, 0.15) is 38.3 Å². The number of likely N-dealkylation sites (tertiary alicyclic amines) is 1. The Labute approximate surface area is 135 Å². The quantitative estimate of drug-likeness (QED) is 0.946. The number of aromatic amines is 1. The predicted molar refractivity (Wildman–Crippen MR) is 88.8 cm³/mol. The van der Waals surface area contributed by atoms with E-state index >= 15 is 0 Å². The van der Waals surface area contributed by atoms with E-state index in [1.54, 1.807) is 11.8 Å². The number of rotatable bonds is 3. The summed E-state index contributed by atoms with van der Waals surface area (Å²) in [4.78, 5) is 28.8. The van der Waals surface area contributed by atoms with Crippen molar-refractivity contribution in [2.24, 2.45) is 0 Å². The molecule has 23 heavy (non-hydrogen) atoms. The highest BCUT2D eigenvalue weighted by Crippen LogP contribution is 2.25. The van der Waals surface area contributed by atoms with Crippen molar-refractivity contribution in [1.82, 2.24) is 14.5 Å². The maximum Gasteiger partial charge on any atom is 0.409 e. The molecule has 1 aromatic heterocycles. The number of benzene rings is 1. The van der Waals surface area contributed by atoms with Crippen molar-refractivity contribution < 1.29 is 9.53 Å². The van der Waals surface area contributed by atoms with Crippen molar-refractivity contribution in [2.75, 3.05) is 19.7 Å². The fourth-order valence-electron chi connectivity index (χ4n) is 3.28. The number of ether oxygens (including phenoxy) is 1. The molecule has 6 nitrogen and oxygen atoms in total. The van der Waals surface area contributed by atoms with Crippen LogP contribution in [0, 0.1) is 0 Å². The lowest BCUT2D eigenvalue weighted by molar-refractivity contribution is 0.0928. The molecule has 0 spiro atoms. The lowest BCUT2D eigenvalue weighted by Gasteiger charge is -2.31. The van der Waals surface area contributed by atoms with Crippen LogP contribution in [0.3, 0.4) is 0 Å².